The van der Waals surface area contributed by atoms with Gasteiger partial charge in [-0.2, -0.15) is 0 Å². The van der Waals surface area contributed by atoms with Crippen LogP contribution in [0.25, 0.3) is 22.0 Å². The van der Waals surface area contributed by atoms with Crippen LogP contribution in [0, 0.1) is 0 Å². The van der Waals surface area contributed by atoms with E-state index in [4.69, 9.17) is 15.2 Å². The molecule has 4 heteroatoms. The first-order valence-corrected chi connectivity index (χ1v) is 6.60. The van der Waals surface area contributed by atoms with Crippen molar-refractivity contribution in [3.05, 3.63) is 48.5 Å². The molecule has 0 aliphatic rings. The minimum absolute atomic E-state index is 0.599. The van der Waals surface area contributed by atoms with Gasteiger partial charge in [-0.1, -0.05) is 12.1 Å². The predicted octanol–water partition coefficient (Wildman–Crippen LogP) is 3.50. The number of nitrogens with zero attached hydrogens (tertiary/aromatic N) is 1. The molecule has 1 heterocycles. The minimum Gasteiger partial charge on any atom is -0.497 e. The number of anilines is 1. The molecule has 1 aromatic heterocycles. The van der Waals surface area contributed by atoms with E-state index in [0.29, 0.717) is 5.88 Å². The Morgan fingerprint density at radius 2 is 1.67 bits per heavy atom. The predicted molar refractivity (Wildman–Crippen MR) is 84.7 cm³/mol. The highest BCUT2D eigenvalue weighted by Crippen LogP contribution is 2.31. The number of methoxy groups -OCH3 is 2. The van der Waals surface area contributed by atoms with Gasteiger partial charge in [-0.3, -0.25) is 0 Å². The standard InChI is InChI=1S/C17H16N2O2/c1-20-14-7-8-15-12(9-14)10-16(19-17(15)21-2)11-3-5-13(18)6-4-11/h3-10H,18H2,1-2H3. The topological polar surface area (TPSA) is 57.4 Å². The number of fused-ring (bicyclic) bond motifs is 1. The molecule has 2 N–H and O–H groups in total. The quantitative estimate of drug-likeness (QED) is 0.746. The Bertz CT molecular complexity index is 783. The Balaban J connectivity index is 2.21. The lowest BCUT2D eigenvalue weighted by molar-refractivity contribution is 0.403. The summed E-state index contributed by atoms with van der Waals surface area (Å²) in [5, 5.41) is 1.98. The zero-order chi connectivity index (χ0) is 14.8. The van der Waals surface area contributed by atoms with Gasteiger partial charge in [-0.25, -0.2) is 4.98 Å². The van der Waals surface area contributed by atoms with Gasteiger partial charge in [0.25, 0.3) is 0 Å². The SMILES string of the molecule is COc1ccc2c(OC)nc(-c3ccc(N)cc3)cc2c1. The fourth-order valence-corrected chi connectivity index (χ4v) is 2.29. The van der Waals surface area contributed by atoms with E-state index in [1.54, 1.807) is 14.2 Å². The Hall–Kier alpha value is -2.75. The van der Waals surface area contributed by atoms with Gasteiger partial charge in [0.05, 0.1) is 19.9 Å². The summed E-state index contributed by atoms with van der Waals surface area (Å²) in [7, 11) is 3.28. The Labute approximate surface area is 123 Å². The van der Waals surface area contributed by atoms with Crippen LogP contribution in [0.1, 0.15) is 0 Å². The first-order valence-electron chi connectivity index (χ1n) is 6.60. The fourth-order valence-electron chi connectivity index (χ4n) is 2.29. The van der Waals surface area contributed by atoms with Crippen molar-refractivity contribution in [2.24, 2.45) is 0 Å². The van der Waals surface area contributed by atoms with Gasteiger partial charge in [0, 0.05) is 16.6 Å². The van der Waals surface area contributed by atoms with Crippen molar-refractivity contribution in [1.29, 1.82) is 0 Å². The number of hydrogen-bond donors (Lipinski definition) is 1. The van der Waals surface area contributed by atoms with Crippen molar-refractivity contribution < 1.29 is 9.47 Å². The molecule has 0 radical (unpaired) electrons. The van der Waals surface area contributed by atoms with Gasteiger partial charge in [0.15, 0.2) is 0 Å². The van der Waals surface area contributed by atoms with Crippen LogP contribution in [0.15, 0.2) is 48.5 Å². The van der Waals surface area contributed by atoms with Gasteiger partial charge in [-0.15, -0.1) is 0 Å². The maximum absolute atomic E-state index is 5.73. The minimum atomic E-state index is 0.599. The number of rotatable bonds is 3. The maximum Gasteiger partial charge on any atom is 0.221 e. The van der Waals surface area contributed by atoms with E-state index < -0.39 is 0 Å². The lowest BCUT2D eigenvalue weighted by Gasteiger charge is -2.10. The van der Waals surface area contributed by atoms with Crippen LogP contribution >= 0.6 is 0 Å². The van der Waals surface area contributed by atoms with Gasteiger partial charge in [0.2, 0.25) is 5.88 Å². The molecule has 0 saturated heterocycles. The monoisotopic (exact) mass is 280 g/mol. The molecule has 0 bridgehead atoms. The fraction of sp³-hybridized carbons (Fsp3) is 0.118. The van der Waals surface area contributed by atoms with Crippen molar-refractivity contribution in [2.45, 2.75) is 0 Å². The molecule has 0 unspecified atom stereocenters. The highest BCUT2D eigenvalue weighted by atomic mass is 16.5. The molecule has 0 aliphatic carbocycles. The van der Waals surface area contributed by atoms with Crippen LogP contribution in [-0.2, 0) is 0 Å². The third-order valence-corrected chi connectivity index (χ3v) is 3.40. The number of nitrogen functional groups attached to an aromatic ring is 1. The molecule has 0 fully saturated rings. The molecule has 0 aliphatic heterocycles. The van der Waals surface area contributed by atoms with E-state index in [1.807, 2.05) is 48.5 Å². The van der Waals surface area contributed by atoms with Crippen LogP contribution < -0.4 is 15.2 Å². The number of nitrogens with two attached hydrogens (primary N) is 1. The number of hydrogen-bond acceptors (Lipinski definition) is 4. The molecule has 21 heavy (non-hydrogen) atoms. The first kappa shape index (κ1) is 13.2. The molecule has 0 amide bonds. The highest BCUT2D eigenvalue weighted by molar-refractivity contribution is 5.91. The van der Waals surface area contributed by atoms with E-state index in [-0.39, 0.29) is 0 Å². The van der Waals surface area contributed by atoms with Gasteiger partial charge < -0.3 is 15.2 Å². The maximum atomic E-state index is 5.73. The summed E-state index contributed by atoms with van der Waals surface area (Å²) in [6.45, 7) is 0. The average Bonchev–Trinajstić information content (AvgIpc) is 2.53. The zero-order valence-corrected chi connectivity index (χ0v) is 12.0. The molecule has 3 rings (SSSR count). The summed E-state index contributed by atoms with van der Waals surface area (Å²) in [6.07, 6.45) is 0. The van der Waals surface area contributed by atoms with Crippen LogP contribution in [0.2, 0.25) is 0 Å². The van der Waals surface area contributed by atoms with E-state index in [0.717, 1.165) is 33.5 Å². The number of aromatic nitrogens is 1. The van der Waals surface area contributed by atoms with Gasteiger partial charge in [-0.05, 0) is 41.8 Å². The second-order valence-electron chi connectivity index (χ2n) is 4.73. The first-order chi connectivity index (χ1) is 10.2. The van der Waals surface area contributed by atoms with Crippen molar-refractivity contribution in [1.82, 2.24) is 4.98 Å². The Morgan fingerprint density at radius 1 is 0.905 bits per heavy atom. The van der Waals surface area contributed by atoms with E-state index in [9.17, 15) is 0 Å². The summed E-state index contributed by atoms with van der Waals surface area (Å²) < 4.78 is 10.7. The Morgan fingerprint density at radius 3 is 2.33 bits per heavy atom. The molecular formula is C17H16N2O2. The molecule has 2 aromatic carbocycles. The van der Waals surface area contributed by atoms with Crippen molar-refractivity contribution in [2.75, 3.05) is 20.0 Å². The number of ether oxygens (including phenoxy) is 2. The smallest absolute Gasteiger partial charge is 0.221 e. The average molecular weight is 280 g/mol. The summed E-state index contributed by atoms with van der Waals surface area (Å²) in [6, 6.07) is 15.5. The third-order valence-electron chi connectivity index (χ3n) is 3.40. The van der Waals surface area contributed by atoms with E-state index in [2.05, 4.69) is 4.98 Å². The summed E-state index contributed by atoms with van der Waals surface area (Å²) in [4.78, 5) is 4.57. The second-order valence-corrected chi connectivity index (χ2v) is 4.73. The van der Waals surface area contributed by atoms with E-state index in [1.165, 1.54) is 0 Å². The highest BCUT2D eigenvalue weighted by Gasteiger charge is 2.09. The Kier molecular flexibility index (Phi) is 3.36. The lowest BCUT2D eigenvalue weighted by Crippen LogP contribution is -1.93. The van der Waals surface area contributed by atoms with Crippen LogP contribution in [-0.4, -0.2) is 19.2 Å². The van der Waals surface area contributed by atoms with Crippen molar-refractivity contribution in [3.63, 3.8) is 0 Å². The lowest BCUT2D eigenvalue weighted by atomic mass is 10.1. The van der Waals surface area contributed by atoms with Crippen molar-refractivity contribution in [3.8, 4) is 22.9 Å². The normalized spacial score (nSPS) is 10.6. The van der Waals surface area contributed by atoms with Crippen molar-refractivity contribution >= 4 is 16.5 Å². The van der Waals surface area contributed by atoms with Crippen LogP contribution in [0.3, 0.4) is 0 Å². The molecule has 4 nitrogen and oxygen atoms in total. The van der Waals surface area contributed by atoms with Crippen LogP contribution in [0.4, 0.5) is 5.69 Å². The number of benzene rings is 2. The molecule has 0 spiro atoms. The van der Waals surface area contributed by atoms with Gasteiger partial charge in [0.1, 0.15) is 5.75 Å². The molecule has 0 saturated carbocycles. The second kappa shape index (κ2) is 5.32. The molecule has 0 atom stereocenters. The third kappa shape index (κ3) is 2.48. The largest absolute Gasteiger partial charge is 0.497 e. The van der Waals surface area contributed by atoms with Gasteiger partial charge >= 0.3 is 0 Å². The van der Waals surface area contributed by atoms with E-state index >= 15 is 0 Å². The summed E-state index contributed by atoms with van der Waals surface area (Å²) in [5.74, 6) is 1.40. The van der Waals surface area contributed by atoms with Crippen LogP contribution in [0.5, 0.6) is 11.6 Å². The summed E-state index contributed by atoms with van der Waals surface area (Å²) in [5.41, 5.74) is 8.29. The molecular weight excluding hydrogens is 264 g/mol. The molecule has 106 valence electrons. The number of pyridine rings is 1. The summed E-state index contributed by atoms with van der Waals surface area (Å²) >= 11 is 0. The molecule has 3 aromatic rings. The zero-order valence-electron chi connectivity index (χ0n) is 12.0.